The van der Waals surface area contributed by atoms with Crippen molar-refractivity contribution in [3.63, 3.8) is 0 Å². The molecule has 1 aliphatic heterocycles. The number of benzene rings is 2. The quantitative estimate of drug-likeness (QED) is 0.442. The van der Waals surface area contributed by atoms with Gasteiger partial charge in [-0.25, -0.2) is 4.79 Å². The largest absolute Gasteiger partial charge is 0.490 e. The second-order valence-corrected chi connectivity index (χ2v) is 7.27. The number of fused-ring (bicyclic) bond motifs is 1. The van der Waals surface area contributed by atoms with Crippen molar-refractivity contribution < 1.29 is 23.8 Å². The summed E-state index contributed by atoms with van der Waals surface area (Å²) in [5, 5.41) is 0. The van der Waals surface area contributed by atoms with Crippen LogP contribution >= 0.6 is 0 Å². The topological polar surface area (TPSA) is 65.1 Å². The third-order valence-electron chi connectivity index (χ3n) is 4.94. The number of esters is 1. The fraction of sp³-hybridized carbons (Fsp3) is 0.360. The maximum absolute atomic E-state index is 12.8. The first-order valence-electron chi connectivity index (χ1n) is 10.7. The molecule has 3 rings (SSSR count). The zero-order valence-corrected chi connectivity index (χ0v) is 18.3. The Morgan fingerprint density at radius 1 is 1.10 bits per heavy atom. The highest BCUT2D eigenvalue weighted by Gasteiger charge is 2.29. The predicted molar refractivity (Wildman–Crippen MR) is 120 cm³/mol. The van der Waals surface area contributed by atoms with E-state index in [1.165, 1.54) is 6.08 Å². The van der Waals surface area contributed by atoms with Crippen LogP contribution in [0.2, 0.25) is 0 Å². The first kappa shape index (κ1) is 22.4. The van der Waals surface area contributed by atoms with E-state index in [0.717, 1.165) is 29.7 Å². The van der Waals surface area contributed by atoms with Crippen LogP contribution in [-0.2, 0) is 20.7 Å². The number of ether oxygens (including phenoxy) is 3. The van der Waals surface area contributed by atoms with Gasteiger partial charge in [0.1, 0.15) is 0 Å². The van der Waals surface area contributed by atoms with Gasteiger partial charge in [-0.3, -0.25) is 4.79 Å². The van der Waals surface area contributed by atoms with Crippen LogP contribution in [-0.4, -0.2) is 37.7 Å². The molecule has 2 aromatic carbocycles. The number of amides is 1. The Labute approximate surface area is 183 Å². The number of anilines is 1. The second kappa shape index (κ2) is 10.7. The van der Waals surface area contributed by atoms with E-state index in [2.05, 4.69) is 0 Å². The standard InChI is InChI=1S/C25H29NO5/c1-4-16-30-22-12-10-19(17-23(22)29-5-2)11-13-24(27)31-18(3)25(28)26-15-14-20-8-6-7-9-21(20)26/h6-13,17-18H,4-5,14-16H2,1-3H3/b13-11+. The number of para-hydroxylation sites is 1. The molecular weight excluding hydrogens is 394 g/mol. The molecule has 0 saturated heterocycles. The number of hydrogen-bond donors (Lipinski definition) is 0. The maximum Gasteiger partial charge on any atom is 0.331 e. The molecule has 1 heterocycles. The van der Waals surface area contributed by atoms with Gasteiger partial charge in [0.25, 0.3) is 5.91 Å². The van der Waals surface area contributed by atoms with Gasteiger partial charge in [0.15, 0.2) is 17.6 Å². The maximum atomic E-state index is 12.8. The molecule has 2 aromatic rings. The highest BCUT2D eigenvalue weighted by molar-refractivity contribution is 6.00. The number of rotatable bonds is 9. The Kier molecular flexibility index (Phi) is 7.70. The Balaban J connectivity index is 1.61. The lowest BCUT2D eigenvalue weighted by Crippen LogP contribution is -2.38. The number of nitrogens with zero attached hydrogens (tertiary/aromatic N) is 1. The first-order chi connectivity index (χ1) is 15.0. The molecule has 1 amide bonds. The van der Waals surface area contributed by atoms with Crippen molar-refractivity contribution in [1.29, 1.82) is 0 Å². The molecule has 0 fully saturated rings. The lowest BCUT2D eigenvalue weighted by Gasteiger charge is -2.21. The Hall–Kier alpha value is -3.28. The molecule has 0 spiro atoms. The normalized spacial score (nSPS) is 13.7. The molecule has 6 heteroatoms. The smallest absolute Gasteiger partial charge is 0.331 e. The molecule has 0 N–H and O–H groups in total. The molecule has 1 atom stereocenters. The lowest BCUT2D eigenvalue weighted by molar-refractivity contribution is -0.149. The van der Waals surface area contributed by atoms with Crippen molar-refractivity contribution in [2.45, 2.75) is 39.7 Å². The van der Waals surface area contributed by atoms with E-state index in [1.807, 2.05) is 56.3 Å². The summed E-state index contributed by atoms with van der Waals surface area (Å²) < 4.78 is 16.7. The monoisotopic (exact) mass is 423 g/mol. The van der Waals surface area contributed by atoms with Crippen LogP contribution in [0.1, 0.15) is 38.3 Å². The van der Waals surface area contributed by atoms with Crippen molar-refractivity contribution in [2.75, 3.05) is 24.7 Å². The van der Waals surface area contributed by atoms with Gasteiger partial charge in [-0.1, -0.05) is 31.2 Å². The van der Waals surface area contributed by atoms with E-state index in [9.17, 15) is 9.59 Å². The predicted octanol–water partition coefficient (Wildman–Crippen LogP) is 4.41. The second-order valence-electron chi connectivity index (χ2n) is 7.27. The van der Waals surface area contributed by atoms with Crippen molar-refractivity contribution in [2.24, 2.45) is 0 Å². The molecule has 0 aromatic heterocycles. The van der Waals surface area contributed by atoms with Crippen LogP contribution in [0.25, 0.3) is 6.08 Å². The summed E-state index contributed by atoms with van der Waals surface area (Å²) in [5.41, 5.74) is 2.79. The van der Waals surface area contributed by atoms with Crippen molar-refractivity contribution in [3.8, 4) is 11.5 Å². The zero-order valence-electron chi connectivity index (χ0n) is 18.3. The Morgan fingerprint density at radius 2 is 1.90 bits per heavy atom. The third kappa shape index (κ3) is 5.66. The van der Waals surface area contributed by atoms with Gasteiger partial charge in [0.2, 0.25) is 0 Å². The van der Waals surface area contributed by atoms with Crippen molar-refractivity contribution >= 4 is 23.6 Å². The molecule has 6 nitrogen and oxygen atoms in total. The van der Waals surface area contributed by atoms with Gasteiger partial charge in [-0.15, -0.1) is 0 Å². The number of carbonyl (C=O) groups excluding carboxylic acids is 2. The van der Waals surface area contributed by atoms with Crippen molar-refractivity contribution in [1.82, 2.24) is 0 Å². The summed E-state index contributed by atoms with van der Waals surface area (Å²) in [6, 6.07) is 13.3. The van der Waals surface area contributed by atoms with E-state index in [1.54, 1.807) is 17.9 Å². The van der Waals surface area contributed by atoms with Gasteiger partial charge in [0.05, 0.1) is 13.2 Å². The summed E-state index contributed by atoms with van der Waals surface area (Å²) in [6.45, 7) is 7.26. The van der Waals surface area contributed by atoms with E-state index >= 15 is 0 Å². The average Bonchev–Trinajstić information content (AvgIpc) is 3.21. The molecule has 1 unspecified atom stereocenters. The van der Waals surface area contributed by atoms with Crippen LogP contribution in [0.15, 0.2) is 48.5 Å². The summed E-state index contributed by atoms with van der Waals surface area (Å²) in [4.78, 5) is 26.7. The van der Waals surface area contributed by atoms with Crippen LogP contribution in [0.3, 0.4) is 0 Å². The molecule has 0 saturated carbocycles. The minimum absolute atomic E-state index is 0.220. The molecule has 1 aliphatic rings. The minimum Gasteiger partial charge on any atom is -0.490 e. The summed E-state index contributed by atoms with van der Waals surface area (Å²) in [6.07, 6.45) is 3.80. The number of hydrogen-bond acceptors (Lipinski definition) is 5. The SMILES string of the molecule is CCCOc1ccc(/C=C/C(=O)OC(C)C(=O)N2CCc3ccccc32)cc1OCC. The van der Waals surface area contributed by atoms with E-state index in [-0.39, 0.29) is 5.91 Å². The van der Waals surface area contributed by atoms with Gasteiger partial charge < -0.3 is 19.1 Å². The highest BCUT2D eigenvalue weighted by atomic mass is 16.5. The Morgan fingerprint density at radius 3 is 2.68 bits per heavy atom. The summed E-state index contributed by atoms with van der Waals surface area (Å²) in [7, 11) is 0. The number of carbonyl (C=O) groups is 2. The van der Waals surface area contributed by atoms with Gasteiger partial charge >= 0.3 is 5.97 Å². The van der Waals surface area contributed by atoms with Gasteiger partial charge in [0, 0.05) is 18.3 Å². The van der Waals surface area contributed by atoms with Crippen LogP contribution in [0, 0.1) is 0 Å². The van der Waals surface area contributed by atoms with Crippen LogP contribution in [0.5, 0.6) is 11.5 Å². The highest BCUT2D eigenvalue weighted by Crippen LogP contribution is 2.30. The third-order valence-corrected chi connectivity index (χ3v) is 4.94. The molecule has 31 heavy (non-hydrogen) atoms. The summed E-state index contributed by atoms with van der Waals surface area (Å²) >= 11 is 0. The van der Waals surface area contributed by atoms with E-state index in [0.29, 0.717) is 31.3 Å². The molecule has 0 bridgehead atoms. The lowest BCUT2D eigenvalue weighted by atomic mass is 10.2. The zero-order chi connectivity index (χ0) is 22.2. The fourth-order valence-electron chi connectivity index (χ4n) is 3.44. The van der Waals surface area contributed by atoms with Gasteiger partial charge in [-0.2, -0.15) is 0 Å². The van der Waals surface area contributed by atoms with Gasteiger partial charge in [-0.05, 0) is 62.1 Å². The average molecular weight is 424 g/mol. The molecule has 0 radical (unpaired) electrons. The van der Waals surface area contributed by atoms with E-state index < -0.39 is 12.1 Å². The molecular formula is C25H29NO5. The molecule has 0 aliphatic carbocycles. The van der Waals surface area contributed by atoms with Crippen molar-refractivity contribution in [3.05, 3.63) is 59.7 Å². The Bertz CT molecular complexity index is 953. The first-order valence-corrected chi connectivity index (χ1v) is 10.7. The van der Waals surface area contributed by atoms with E-state index in [4.69, 9.17) is 14.2 Å². The summed E-state index contributed by atoms with van der Waals surface area (Å²) in [5.74, 6) is 0.511. The van der Waals surface area contributed by atoms with Crippen LogP contribution < -0.4 is 14.4 Å². The minimum atomic E-state index is -0.868. The van der Waals surface area contributed by atoms with Crippen LogP contribution in [0.4, 0.5) is 5.69 Å². The molecule has 164 valence electrons. The fourth-order valence-corrected chi connectivity index (χ4v) is 3.44.